The topological polar surface area (TPSA) is 144 Å². The highest BCUT2D eigenvalue weighted by Crippen LogP contribution is 2.91. The van der Waals surface area contributed by atoms with Crippen molar-refractivity contribution in [3.63, 3.8) is 0 Å². The molecule has 14 nitrogen and oxygen atoms in total. The smallest absolute Gasteiger partial charge is 0.409 e. The number of nitrogens with zero attached hydrogens (tertiary/aromatic N) is 2. The van der Waals surface area contributed by atoms with E-state index in [1.54, 1.807) is 28.2 Å². The molecule has 4 spiro atoms. The summed E-state index contributed by atoms with van der Waals surface area (Å²) in [7, 11) is 4.93. The maximum absolute atomic E-state index is 12.9. The first-order valence-electron chi connectivity index (χ1n) is 40.3. The predicted molar refractivity (Wildman–Crippen MR) is 383 cm³/mol. The molecule has 552 valence electrons. The molecule has 1 N–H and O–H groups in total. The molecule has 15 heteroatoms. The van der Waals surface area contributed by atoms with Gasteiger partial charge >= 0.3 is 12.2 Å². The lowest BCUT2D eigenvalue weighted by Crippen LogP contribution is -2.61. The molecule has 4 unspecified atom stereocenters. The van der Waals surface area contributed by atoms with Crippen LogP contribution in [0.15, 0.2) is 12.2 Å². The van der Waals surface area contributed by atoms with Crippen LogP contribution in [0.4, 0.5) is 9.59 Å². The van der Waals surface area contributed by atoms with Crippen LogP contribution in [0, 0.1) is 107 Å². The van der Waals surface area contributed by atoms with Crippen LogP contribution in [-0.2, 0) is 42.3 Å². The highest BCUT2D eigenvalue weighted by Gasteiger charge is 2.87. The van der Waals surface area contributed by atoms with Crippen molar-refractivity contribution in [1.82, 2.24) is 9.80 Å². The van der Waals surface area contributed by atoms with Gasteiger partial charge in [0, 0.05) is 52.2 Å². The highest BCUT2D eigenvalue weighted by atomic mass is 28.4. The van der Waals surface area contributed by atoms with Crippen LogP contribution >= 0.6 is 0 Å². The molecule has 4 heterocycles. The maximum atomic E-state index is 12.9. The van der Waals surface area contributed by atoms with E-state index >= 15 is 0 Å². The molecule has 4 aliphatic heterocycles. The Morgan fingerprint density at radius 2 is 1.00 bits per heavy atom. The number of fused-ring (bicyclic) bond motifs is 8. The van der Waals surface area contributed by atoms with E-state index < -0.39 is 20.5 Å². The fourth-order valence-electron chi connectivity index (χ4n) is 28.5. The fraction of sp³-hybridized carbons (Fsp3) is 0.951. The Morgan fingerprint density at radius 3 is 1.45 bits per heavy atom. The molecule has 0 aromatic rings. The van der Waals surface area contributed by atoms with E-state index in [2.05, 4.69) is 110 Å². The minimum absolute atomic E-state index is 0.00241. The van der Waals surface area contributed by atoms with Crippen molar-refractivity contribution in [2.24, 2.45) is 107 Å². The highest BCUT2D eigenvalue weighted by molar-refractivity contribution is 6.73. The lowest BCUT2D eigenvalue weighted by molar-refractivity contribution is -0.242. The van der Waals surface area contributed by atoms with Gasteiger partial charge in [-0.25, -0.2) is 9.59 Å². The summed E-state index contributed by atoms with van der Waals surface area (Å²) in [6.07, 6.45) is 24.0. The molecule has 14 rings (SSSR count). The van der Waals surface area contributed by atoms with E-state index in [1.165, 1.54) is 99.7 Å². The minimum Gasteiger partial charge on any atom is -0.443 e. The van der Waals surface area contributed by atoms with Crippen molar-refractivity contribution in [2.45, 2.75) is 344 Å². The molecule has 14 aliphatic rings. The van der Waals surface area contributed by atoms with Gasteiger partial charge in [0.25, 0.3) is 0 Å². The molecule has 0 radical (unpaired) electrons. The zero-order chi connectivity index (χ0) is 70.0. The second-order valence-electron chi connectivity index (χ2n) is 38.8. The van der Waals surface area contributed by atoms with Gasteiger partial charge < -0.3 is 57.2 Å². The summed E-state index contributed by atoms with van der Waals surface area (Å²) in [5.41, 5.74) is 2.54. The largest absolute Gasteiger partial charge is 0.443 e. The predicted octanol–water partition coefficient (Wildman–Crippen LogP) is 17.8. The Labute approximate surface area is 589 Å². The third kappa shape index (κ3) is 10.8. The standard InChI is InChI=1S/C44H75NO6Si.C38H63NO6/c1-13-52(14-2,15-3)51-38-37-35(29(6)26-30(48-37)36(28(4)5)50-39(46)45(11)12)41(9)23-24-44-27-43(44)22-21-33(49-34-18-16-17-25-47-34)40(7,8)31(43)19-20-32(44)42(38,41)10;1-22(2)30(45-33(41)39(8)9)24-20-23(3)29-31(43-24)32(40)36(7)26-14-13-25-34(4,5)27(44-28-12-10-11-19-42-28)15-16-37(25)21-38(26,37)18-17-35(29,36)6/h29-38H,4,13-27H2,1-3,5-12H3;22-32,40H,10-21H2,1-9H3/t29-,30-,31+,32+,33?,34+,35+,36-,37+,38+,41-,42-,43?,44+;23-,24-,25+,26+,27?,28+,29+,30-,31+,32+,35-,36-,37?,38+/m11/s1. The van der Waals surface area contributed by atoms with Crippen LogP contribution in [0.1, 0.15) is 252 Å². The summed E-state index contributed by atoms with van der Waals surface area (Å²) >= 11 is 0. The number of amides is 2. The van der Waals surface area contributed by atoms with Gasteiger partial charge in [-0.3, -0.25) is 0 Å². The quantitative estimate of drug-likeness (QED) is 0.0947. The van der Waals surface area contributed by atoms with Crippen LogP contribution in [0.2, 0.25) is 18.1 Å². The van der Waals surface area contributed by atoms with Gasteiger partial charge in [-0.2, -0.15) is 0 Å². The van der Waals surface area contributed by atoms with E-state index in [9.17, 15) is 14.7 Å². The van der Waals surface area contributed by atoms with Gasteiger partial charge in [-0.05, 0) is 268 Å². The van der Waals surface area contributed by atoms with Crippen LogP contribution in [0.5, 0.6) is 0 Å². The molecule has 0 aromatic heterocycles. The summed E-state index contributed by atoms with van der Waals surface area (Å²) in [5, 5.41) is 12.6. The van der Waals surface area contributed by atoms with Crippen LogP contribution in [-0.4, -0.2) is 150 Å². The summed E-state index contributed by atoms with van der Waals surface area (Å²) in [6, 6.07) is 3.41. The summed E-state index contributed by atoms with van der Waals surface area (Å²) < 4.78 is 60.4. The Balaban J connectivity index is 0.000000177. The molecule has 0 bridgehead atoms. The fourth-order valence-corrected chi connectivity index (χ4v) is 31.4. The van der Waals surface area contributed by atoms with E-state index in [-0.39, 0.29) is 112 Å². The van der Waals surface area contributed by atoms with Crippen LogP contribution < -0.4 is 0 Å². The molecule has 28 atom stereocenters. The van der Waals surface area contributed by atoms with E-state index in [0.29, 0.717) is 69.0 Å². The first kappa shape index (κ1) is 73.5. The summed E-state index contributed by atoms with van der Waals surface area (Å²) in [5.74, 6) is 4.15. The van der Waals surface area contributed by atoms with E-state index in [0.717, 1.165) is 88.3 Å². The van der Waals surface area contributed by atoms with Crippen LogP contribution in [0.25, 0.3) is 0 Å². The summed E-state index contributed by atoms with van der Waals surface area (Å²) in [6.45, 7) is 44.6. The molecular formula is C82H138N2O12Si. The number of carbonyl (C=O) groups excluding carboxylic acids is 2. The van der Waals surface area contributed by atoms with Crippen molar-refractivity contribution in [3.8, 4) is 0 Å². The Hall–Kier alpha value is -1.82. The average molecular weight is 1370 g/mol. The van der Waals surface area contributed by atoms with Crippen molar-refractivity contribution in [3.05, 3.63) is 12.2 Å². The monoisotopic (exact) mass is 1370 g/mol. The number of ether oxygens (including phenoxy) is 8. The Morgan fingerprint density at radius 1 is 0.567 bits per heavy atom. The third-order valence-electron chi connectivity index (χ3n) is 33.8. The molecule has 10 saturated carbocycles. The van der Waals surface area contributed by atoms with E-state index in [4.69, 9.17) is 42.3 Å². The van der Waals surface area contributed by atoms with Crippen molar-refractivity contribution >= 4 is 20.5 Å². The van der Waals surface area contributed by atoms with Crippen molar-refractivity contribution in [2.75, 3.05) is 41.4 Å². The second-order valence-corrected chi connectivity index (χ2v) is 43.5. The zero-order valence-electron chi connectivity index (χ0n) is 64.8. The molecular weight excluding hydrogens is 1230 g/mol. The number of aliphatic hydroxyl groups excluding tert-OH is 1. The Bertz CT molecular complexity index is 2880. The molecule has 0 aromatic carbocycles. The maximum Gasteiger partial charge on any atom is 0.409 e. The van der Waals surface area contributed by atoms with Gasteiger partial charge in [0.1, 0.15) is 6.10 Å². The lowest BCUT2D eigenvalue weighted by atomic mass is 9.41. The third-order valence-corrected chi connectivity index (χ3v) is 38.4. The molecule has 97 heavy (non-hydrogen) atoms. The normalized spacial score (nSPS) is 49.2. The molecule has 4 saturated heterocycles. The number of rotatable bonds is 15. The number of carbonyl (C=O) groups is 2. The molecule has 14 fully saturated rings. The minimum atomic E-state index is -2.02. The van der Waals surface area contributed by atoms with Gasteiger partial charge in [-0.15, -0.1) is 0 Å². The Kier molecular flexibility index (Phi) is 19.5. The zero-order valence-corrected chi connectivity index (χ0v) is 65.8. The lowest BCUT2D eigenvalue weighted by Gasteiger charge is -2.64. The van der Waals surface area contributed by atoms with Crippen molar-refractivity contribution < 1.29 is 57.0 Å². The molecule has 10 aliphatic carbocycles. The SMILES string of the molecule is C=C(C)[C@@H](OC(=O)N(C)C)[C@H]1C[C@@H](C)[C@H]2[C@H](O1)[C@H](O[Si](CC)(CC)CC)[C@@]1(C)[C@@H]3CC[C@H]4C(C)(C)C(O[C@H]5CCCCO5)CCC45C[C@@]35CC[C@]21C.CC(C)[C@@H](OC(=O)N(C)C)[C@H]1C[C@@H](C)[C@H]2[C@H](O1)[C@H](O)[C@@]1(C)[C@@H]3CC[C@H]4C(C)(C)C(O[C@H]5CCCCO5)CCC45C[C@@]35CC[C@]21C. The number of hydrogen-bond donors (Lipinski definition) is 1. The number of hydrogen-bond acceptors (Lipinski definition) is 12. The van der Waals surface area contributed by atoms with Gasteiger partial charge in [0.15, 0.2) is 27.0 Å². The van der Waals surface area contributed by atoms with Crippen LogP contribution in [0.3, 0.4) is 0 Å². The van der Waals surface area contributed by atoms with Crippen molar-refractivity contribution in [1.29, 1.82) is 0 Å². The molecule has 2 amide bonds. The van der Waals surface area contributed by atoms with Gasteiger partial charge in [0.2, 0.25) is 0 Å². The average Bonchev–Trinajstić information content (AvgIpc) is 1.47. The first-order chi connectivity index (χ1) is 45.6. The second kappa shape index (κ2) is 25.8. The number of aliphatic hydroxyl groups is 1. The van der Waals surface area contributed by atoms with E-state index in [1.807, 2.05) is 6.92 Å². The van der Waals surface area contributed by atoms with Gasteiger partial charge in [-0.1, -0.05) is 110 Å². The summed E-state index contributed by atoms with van der Waals surface area (Å²) in [4.78, 5) is 28.6. The first-order valence-corrected chi connectivity index (χ1v) is 42.8. The van der Waals surface area contributed by atoms with Gasteiger partial charge in [0.05, 0.1) is 48.8 Å².